The van der Waals surface area contributed by atoms with E-state index in [0.29, 0.717) is 12.0 Å². The topological polar surface area (TPSA) is 53.5 Å². The van der Waals surface area contributed by atoms with E-state index >= 15 is 0 Å². The van der Waals surface area contributed by atoms with Crippen LogP contribution in [0.5, 0.6) is 0 Å². The highest BCUT2D eigenvalue weighted by Crippen LogP contribution is 2.20. The predicted octanol–water partition coefficient (Wildman–Crippen LogP) is 1.37. The van der Waals surface area contributed by atoms with Gasteiger partial charge in [-0.25, -0.2) is 4.98 Å². The molecule has 6 nitrogen and oxygen atoms in total. The maximum absolute atomic E-state index is 5.61. The van der Waals surface area contributed by atoms with Gasteiger partial charge in [-0.2, -0.15) is 4.98 Å². The standard InChI is InChI=1S/C15H27N5O/c1-10(2)20-8-12(13(9-20)21-6)17-15-16-7-11(3)14(18-15)19(4)5/h7,10,12-13H,8-9H2,1-6H3,(H,16,17,18)/t12-,13-/m1/s1. The minimum absolute atomic E-state index is 0.167. The summed E-state index contributed by atoms with van der Waals surface area (Å²) in [4.78, 5) is 13.4. The van der Waals surface area contributed by atoms with E-state index < -0.39 is 0 Å². The first-order chi connectivity index (χ1) is 9.92. The van der Waals surface area contributed by atoms with Gasteiger partial charge in [0.05, 0.1) is 12.1 Å². The number of hydrogen-bond acceptors (Lipinski definition) is 6. The molecule has 6 heteroatoms. The molecule has 2 rings (SSSR count). The highest BCUT2D eigenvalue weighted by molar-refractivity contribution is 5.48. The SMILES string of the molecule is CO[C@@H]1CN(C(C)C)C[C@H]1Nc1ncc(C)c(N(C)C)n1. The zero-order valence-corrected chi connectivity index (χ0v) is 13.9. The summed E-state index contributed by atoms with van der Waals surface area (Å²) in [6.45, 7) is 8.33. The quantitative estimate of drug-likeness (QED) is 0.885. The highest BCUT2D eigenvalue weighted by Gasteiger charge is 2.34. The Labute approximate surface area is 127 Å². The molecule has 1 saturated heterocycles. The maximum atomic E-state index is 5.61. The second-order valence-electron chi connectivity index (χ2n) is 6.17. The predicted molar refractivity (Wildman–Crippen MR) is 86.0 cm³/mol. The lowest BCUT2D eigenvalue weighted by atomic mass is 10.2. The second-order valence-corrected chi connectivity index (χ2v) is 6.17. The Kier molecular flexibility index (Phi) is 5.00. The van der Waals surface area contributed by atoms with Gasteiger partial charge < -0.3 is 15.0 Å². The molecule has 1 aromatic rings. The average molecular weight is 293 g/mol. The van der Waals surface area contributed by atoms with Crippen molar-refractivity contribution in [3.05, 3.63) is 11.8 Å². The number of ether oxygens (including phenoxy) is 1. The lowest BCUT2D eigenvalue weighted by Crippen LogP contribution is -2.34. The van der Waals surface area contributed by atoms with Gasteiger partial charge in [0, 0.05) is 52.1 Å². The van der Waals surface area contributed by atoms with E-state index in [-0.39, 0.29) is 12.1 Å². The number of rotatable bonds is 5. The van der Waals surface area contributed by atoms with Gasteiger partial charge in [0.2, 0.25) is 5.95 Å². The summed E-state index contributed by atoms with van der Waals surface area (Å²) in [5, 5.41) is 3.43. The molecule has 21 heavy (non-hydrogen) atoms. The molecule has 118 valence electrons. The summed E-state index contributed by atoms with van der Waals surface area (Å²) in [5.41, 5.74) is 1.07. The monoisotopic (exact) mass is 293 g/mol. The number of nitrogens with zero attached hydrogens (tertiary/aromatic N) is 4. The van der Waals surface area contributed by atoms with Crippen LogP contribution in [0.4, 0.5) is 11.8 Å². The van der Waals surface area contributed by atoms with E-state index in [4.69, 9.17) is 4.74 Å². The fourth-order valence-electron chi connectivity index (χ4n) is 2.72. The lowest BCUT2D eigenvalue weighted by molar-refractivity contribution is 0.0982. The fourth-order valence-corrected chi connectivity index (χ4v) is 2.72. The molecule has 1 aromatic heterocycles. The van der Waals surface area contributed by atoms with Crippen LogP contribution in [0, 0.1) is 6.92 Å². The Morgan fingerprint density at radius 1 is 1.38 bits per heavy atom. The van der Waals surface area contributed by atoms with Gasteiger partial charge in [-0.05, 0) is 20.8 Å². The fraction of sp³-hybridized carbons (Fsp3) is 0.733. The van der Waals surface area contributed by atoms with Crippen molar-refractivity contribution >= 4 is 11.8 Å². The molecule has 1 aliphatic rings. The van der Waals surface area contributed by atoms with Gasteiger partial charge in [0.1, 0.15) is 5.82 Å². The molecule has 1 fully saturated rings. The summed E-state index contributed by atoms with van der Waals surface area (Å²) in [6.07, 6.45) is 2.03. The van der Waals surface area contributed by atoms with Crippen molar-refractivity contribution in [2.45, 2.75) is 39.0 Å². The normalized spacial score (nSPS) is 22.8. The van der Waals surface area contributed by atoms with E-state index in [1.165, 1.54) is 0 Å². The Morgan fingerprint density at radius 2 is 2.10 bits per heavy atom. The molecule has 2 atom stereocenters. The molecule has 0 aromatic carbocycles. The summed E-state index contributed by atoms with van der Waals surface area (Å²) in [6, 6.07) is 0.737. The van der Waals surface area contributed by atoms with Crippen LogP contribution in [0.15, 0.2) is 6.20 Å². The Bertz CT molecular complexity index is 477. The van der Waals surface area contributed by atoms with Crippen molar-refractivity contribution in [3.63, 3.8) is 0 Å². The van der Waals surface area contributed by atoms with Gasteiger partial charge in [0.15, 0.2) is 0 Å². The summed E-state index contributed by atoms with van der Waals surface area (Å²) in [7, 11) is 5.75. The number of nitrogens with one attached hydrogen (secondary N) is 1. The van der Waals surface area contributed by atoms with Crippen LogP contribution in [-0.2, 0) is 4.74 Å². The van der Waals surface area contributed by atoms with Gasteiger partial charge in [-0.15, -0.1) is 0 Å². The van der Waals surface area contributed by atoms with Crippen molar-refractivity contribution in [2.24, 2.45) is 0 Å². The van der Waals surface area contributed by atoms with E-state index in [0.717, 1.165) is 24.5 Å². The van der Waals surface area contributed by atoms with E-state index in [2.05, 4.69) is 34.0 Å². The number of anilines is 2. The molecule has 0 saturated carbocycles. The summed E-state index contributed by atoms with van der Waals surface area (Å²) in [5.74, 6) is 1.61. The maximum Gasteiger partial charge on any atom is 0.224 e. The summed E-state index contributed by atoms with van der Waals surface area (Å²) >= 11 is 0. The molecule has 0 aliphatic carbocycles. The third kappa shape index (κ3) is 3.63. The molecule has 1 N–H and O–H groups in total. The van der Waals surface area contributed by atoms with Crippen LogP contribution in [0.25, 0.3) is 0 Å². The molecule has 0 unspecified atom stereocenters. The second kappa shape index (κ2) is 6.58. The van der Waals surface area contributed by atoms with Gasteiger partial charge in [-0.1, -0.05) is 0 Å². The van der Waals surface area contributed by atoms with Crippen LogP contribution in [0.1, 0.15) is 19.4 Å². The van der Waals surface area contributed by atoms with Crippen molar-refractivity contribution in [3.8, 4) is 0 Å². The number of aryl methyl sites for hydroxylation is 1. The number of likely N-dealkylation sites (tertiary alicyclic amines) is 1. The molecule has 2 heterocycles. The van der Waals surface area contributed by atoms with Crippen molar-refractivity contribution in [1.29, 1.82) is 0 Å². The van der Waals surface area contributed by atoms with E-state index in [1.54, 1.807) is 7.11 Å². The molecular formula is C15H27N5O. The van der Waals surface area contributed by atoms with Gasteiger partial charge >= 0.3 is 0 Å². The van der Waals surface area contributed by atoms with Crippen molar-refractivity contribution < 1.29 is 4.74 Å². The zero-order chi connectivity index (χ0) is 15.6. The van der Waals surface area contributed by atoms with Crippen molar-refractivity contribution in [2.75, 3.05) is 44.5 Å². The molecule has 1 aliphatic heterocycles. The highest BCUT2D eigenvalue weighted by atomic mass is 16.5. The van der Waals surface area contributed by atoms with Crippen LogP contribution >= 0.6 is 0 Å². The molecule has 0 bridgehead atoms. The number of hydrogen-bond donors (Lipinski definition) is 1. The zero-order valence-electron chi connectivity index (χ0n) is 13.9. The average Bonchev–Trinajstić information content (AvgIpc) is 2.84. The first-order valence-electron chi connectivity index (χ1n) is 7.46. The minimum Gasteiger partial charge on any atom is -0.378 e. The van der Waals surface area contributed by atoms with Gasteiger partial charge in [0.25, 0.3) is 0 Å². The lowest BCUT2D eigenvalue weighted by Gasteiger charge is -2.21. The van der Waals surface area contributed by atoms with Crippen LogP contribution in [0.3, 0.4) is 0 Å². The third-order valence-corrected chi connectivity index (χ3v) is 4.01. The third-order valence-electron chi connectivity index (χ3n) is 4.01. The van der Waals surface area contributed by atoms with Crippen molar-refractivity contribution in [1.82, 2.24) is 14.9 Å². The van der Waals surface area contributed by atoms with Crippen LogP contribution in [0.2, 0.25) is 0 Å². The minimum atomic E-state index is 0.167. The van der Waals surface area contributed by atoms with Crippen LogP contribution < -0.4 is 10.2 Å². The summed E-state index contributed by atoms with van der Waals surface area (Å²) < 4.78 is 5.61. The first-order valence-corrected chi connectivity index (χ1v) is 7.46. The number of aromatic nitrogens is 2. The largest absolute Gasteiger partial charge is 0.378 e. The molecule has 0 radical (unpaired) electrons. The Balaban J connectivity index is 2.12. The number of methoxy groups -OCH3 is 1. The van der Waals surface area contributed by atoms with Crippen LogP contribution in [-0.4, -0.2) is 67.4 Å². The van der Waals surface area contributed by atoms with Gasteiger partial charge in [-0.3, -0.25) is 4.90 Å². The first kappa shape index (κ1) is 16.0. The Morgan fingerprint density at radius 3 is 2.67 bits per heavy atom. The molecule has 0 spiro atoms. The smallest absolute Gasteiger partial charge is 0.224 e. The van der Waals surface area contributed by atoms with E-state index in [9.17, 15) is 0 Å². The molecule has 0 amide bonds. The van der Waals surface area contributed by atoms with E-state index in [1.807, 2.05) is 32.1 Å². The molecular weight excluding hydrogens is 266 g/mol. The Hall–Kier alpha value is -1.40.